The van der Waals surface area contributed by atoms with E-state index in [0.29, 0.717) is 12.8 Å². The standard InChI is InChI=1S/C18H31N5O4/c1-11(12-9-20-23-22-12)8-13(21-14(24)6-7-15(25)26)17(2,3)10-18(4,5)16(19)27/h9,11,13H,6-8,10H2,1-5H3,(H2,19,27)(H,21,24)(H,25,26)(H,20,22,23). The first-order valence-corrected chi connectivity index (χ1v) is 9.02. The van der Waals surface area contributed by atoms with Crippen LogP contribution in [0.15, 0.2) is 6.20 Å². The number of hydrogen-bond donors (Lipinski definition) is 4. The molecule has 0 saturated carbocycles. The highest BCUT2D eigenvalue weighted by Gasteiger charge is 2.39. The molecule has 9 nitrogen and oxygen atoms in total. The van der Waals surface area contributed by atoms with E-state index in [1.165, 1.54) is 0 Å². The maximum atomic E-state index is 12.3. The zero-order chi connectivity index (χ0) is 20.8. The quantitative estimate of drug-likeness (QED) is 0.457. The summed E-state index contributed by atoms with van der Waals surface area (Å²) < 4.78 is 0. The van der Waals surface area contributed by atoms with E-state index in [1.54, 1.807) is 20.0 Å². The Morgan fingerprint density at radius 2 is 1.89 bits per heavy atom. The van der Waals surface area contributed by atoms with E-state index in [0.717, 1.165) is 5.69 Å². The molecule has 1 rings (SSSR count). The monoisotopic (exact) mass is 381 g/mol. The van der Waals surface area contributed by atoms with Crippen LogP contribution in [0.4, 0.5) is 0 Å². The Kier molecular flexibility index (Phi) is 7.50. The molecule has 0 fully saturated rings. The highest BCUT2D eigenvalue weighted by molar-refractivity contribution is 5.81. The lowest BCUT2D eigenvalue weighted by molar-refractivity contribution is -0.139. The lowest BCUT2D eigenvalue weighted by Crippen LogP contribution is -2.49. The number of H-pyrrole nitrogens is 1. The molecule has 1 aromatic rings. The van der Waals surface area contributed by atoms with Crippen LogP contribution in [0.3, 0.4) is 0 Å². The van der Waals surface area contributed by atoms with Gasteiger partial charge in [0.15, 0.2) is 0 Å². The second-order valence-electron chi connectivity index (χ2n) is 8.46. The third kappa shape index (κ3) is 6.99. The van der Waals surface area contributed by atoms with Gasteiger partial charge in [0.2, 0.25) is 11.8 Å². The fourth-order valence-electron chi connectivity index (χ4n) is 3.33. The minimum atomic E-state index is -1.02. The first kappa shape index (κ1) is 22.6. The first-order chi connectivity index (χ1) is 12.3. The van der Waals surface area contributed by atoms with Crippen LogP contribution >= 0.6 is 0 Å². The number of carboxylic acids is 1. The van der Waals surface area contributed by atoms with Gasteiger partial charge in [-0.2, -0.15) is 15.4 Å². The zero-order valence-corrected chi connectivity index (χ0v) is 16.7. The van der Waals surface area contributed by atoms with Crippen molar-refractivity contribution in [2.24, 2.45) is 16.6 Å². The van der Waals surface area contributed by atoms with Gasteiger partial charge in [-0.3, -0.25) is 14.4 Å². The normalized spacial score (nSPS) is 14.4. The number of primary amides is 1. The molecule has 152 valence electrons. The Labute approximate surface area is 159 Å². The summed E-state index contributed by atoms with van der Waals surface area (Å²) in [6, 6.07) is -0.302. The maximum absolute atomic E-state index is 12.3. The van der Waals surface area contributed by atoms with Gasteiger partial charge in [-0.15, -0.1) is 0 Å². The van der Waals surface area contributed by atoms with Crippen molar-refractivity contribution in [3.8, 4) is 0 Å². The van der Waals surface area contributed by atoms with Crippen LogP contribution in [0.1, 0.15) is 71.9 Å². The lowest BCUT2D eigenvalue weighted by Gasteiger charge is -2.40. The molecule has 1 aromatic heterocycles. The summed E-state index contributed by atoms with van der Waals surface area (Å²) >= 11 is 0. The van der Waals surface area contributed by atoms with E-state index in [9.17, 15) is 14.4 Å². The van der Waals surface area contributed by atoms with Gasteiger partial charge in [0.1, 0.15) is 0 Å². The summed E-state index contributed by atoms with van der Waals surface area (Å²) in [7, 11) is 0. The third-order valence-corrected chi connectivity index (χ3v) is 4.94. The van der Waals surface area contributed by atoms with E-state index >= 15 is 0 Å². The molecule has 1 heterocycles. The van der Waals surface area contributed by atoms with Crippen LogP contribution in [-0.4, -0.2) is 44.3 Å². The molecule has 0 spiro atoms. The summed E-state index contributed by atoms with van der Waals surface area (Å²) in [5, 5.41) is 22.2. The minimum absolute atomic E-state index is 0.00416. The predicted octanol–water partition coefficient (Wildman–Crippen LogP) is 1.58. The molecule has 27 heavy (non-hydrogen) atoms. The van der Waals surface area contributed by atoms with Crippen molar-refractivity contribution in [1.82, 2.24) is 20.7 Å². The van der Waals surface area contributed by atoms with Gasteiger partial charge in [-0.05, 0) is 18.3 Å². The number of aromatic amines is 1. The second kappa shape index (κ2) is 8.96. The number of nitrogens with one attached hydrogen (secondary N) is 2. The lowest BCUT2D eigenvalue weighted by atomic mass is 9.69. The molecule has 0 aliphatic carbocycles. The predicted molar refractivity (Wildman–Crippen MR) is 99.6 cm³/mol. The van der Waals surface area contributed by atoms with Gasteiger partial charge in [-0.1, -0.05) is 34.6 Å². The smallest absolute Gasteiger partial charge is 0.303 e. The Morgan fingerprint density at radius 3 is 2.37 bits per heavy atom. The number of nitrogens with zero attached hydrogens (tertiary/aromatic N) is 2. The summed E-state index contributed by atoms with van der Waals surface area (Å²) in [5.74, 6) is -1.76. The van der Waals surface area contributed by atoms with Gasteiger partial charge in [0, 0.05) is 23.8 Å². The largest absolute Gasteiger partial charge is 0.481 e. The fraction of sp³-hybridized carbons (Fsp3) is 0.722. The molecule has 0 aromatic carbocycles. The average Bonchev–Trinajstić information content (AvgIpc) is 3.05. The molecule has 0 aliphatic rings. The average molecular weight is 381 g/mol. The Morgan fingerprint density at radius 1 is 1.26 bits per heavy atom. The van der Waals surface area contributed by atoms with Crippen LogP contribution in [0, 0.1) is 10.8 Å². The number of carbonyl (C=O) groups excluding carboxylic acids is 2. The molecular weight excluding hydrogens is 350 g/mol. The number of aliphatic carboxylic acids is 1. The summed E-state index contributed by atoms with van der Waals surface area (Å²) in [4.78, 5) is 34.8. The van der Waals surface area contributed by atoms with Gasteiger partial charge >= 0.3 is 5.97 Å². The summed E-state index contributed by atoms with van der Waals surface area (Å²) in [6.45, 7) is 9.47. The zero-order valence-electron chi connectivity index (χ0n) is 16.7. The summed E-state index contributed by atoms with van der Waals surface area (Å²) in [6.07, 6.45) is 2.33. The van der Waals surface area contributed by atoms with E-state index in [4.69, 9.17) is 10.8 Å². The molecule has 2 unspecified atom stereocenters. The Bertz CT molecular complexity index is 655. The number of carboxylic acid groups (broad SMARTS) is 1. The van der Waals surface area contributed by atoms with Crippen molar-refractivity contribution in [1.29, 1.82) is 0 Å². The maximum Gasteiger partial charge on any atom is 0.303 e. The third-order valence-electron chi connectivity index (χ3n) is 4.94. The van der Waals surface area contributed by atoms with Crippen LogP contribution in [-0.2, 0) is 14.4 Å². The number of hydrogen-bond acceptors (Lipinski definition) is 5. The highest BCUT2D eigenvalue weighted by atomic mass is 16.4. The van der Waals surface area contributed by atoms with E-state index < -0.39 is 22.7 Å². The molecule has 5 N–H and O–H groups in total. The van der Waals surface area contributed by atoms with E-state index in [2.05, 4.69) is 20.7 Å². The molecular formula is C18H31N5O4. The van der Waals surface area contributed by atoms with Crippen LogP contribution in [0.2, 0.25) is 0 Å². The van der Waals surface area contributed by atoms with E-state index in [-0.39, 0.29) is 30.7 Å². The Balaban J connectivity index is 2.98. The molecule has 0 aliphatic heterocycles. The summed E-state index contributed by atoms with van der Waals surface area (Å²) in [5.41, 5.74) is 5.08. The van der Waals surface area contributed by atoms with Gasteiger partial charge in [0.25, 0.3) is 0 Å². The van der Waals surface area contributed by atoms with Gasteiger partial charge < -0.3 is 16.2 Å². The van der Waals surface area contributed by atoms with Crippen LogP contribution in [0.5, 0.6) is 0 Å². The molecule has 0 radical (unpaired) electrons. The van der Waals surface area contributed by atoms with Crippen molar-refractivity contribution in [2.45, 2.75) is 72.3 Å². The number of amides is 2. The van der Waals surface area contributed by atoms with Crippen LogP contribution in [0.25, 0.3) is 0 Å². The number of carbonyl (C=O) groups is 3. The highest BCUT2D eigenvalue weighted by Crippen LogP contribution is 2.39. The molecule has 2 amide bonds. The fourth-order valence-corrected chi connectivity index (χ4v) is 3.33. The van der Waals surface area contributed by atoms with Gasteiger partial charge in [0.05, 0.1) is 18.3 Å². The van der Waals surface area contributed by atoms with Crippen molar-refractivity contribution in [3.63, 3.8) is 0 Å². The molecule has 9 heteroatoms. The van der Waals surface area contributed by atoms with E-state index in [1.807, 2.05) is 20.8 Å². The molecule has 2 atom stereocenters. The number of rotatable bonds is 11. The van der Waals surface area contributed by atoms with Crippen molar-refractivity contribution >= 4 is 17.8 Å². The number of aromatic nitrogens is 3. The second-order valence-corrected chi connectivity index (χ2v) is 8.46. The SMILES string of the molecule is CC(CC(NC(=O)CCC(=O)O)C(C)(C)CC(C)(C)C(N)=O)c1cn[nH]n1. The first-order valence-electron chi connectivity index (χ1n) is 9.02. The topological polar surface area (TPSA) is 151 Å². The molecule has 0 bridgehead atoms. The van der Waals surface area contributed by atoms with Crippen molar-refractivity contribution < 1.29 is 19.5 Å². The van der Waals surface area contributed by atoms with Crippen molar-refractivity contribution in [3.05, 3.63) is 11.9 Å². The Hall–Kier alpha value is -2.45. The molecule has 0 saturated heterocycles. The van der Waals surface area contributed by atoms with Crippen molar-refractivity contribution in [2.75, 3.05) is 0 Å². The van der Waals surface area contributed by atoms with Crippen LogP contribution < -0.4 is 11.1 Å². The van der Waals surface area contributed by atoms with Gasteiger partial charge in [-0.25, -0.2) is 0 Å². The minimum Gasteiger partial charge on any atom is -0.481 e. The number of nitrogens with two attached hydrogens (primary N) is 1.